The van der Waals surface area contributed by atoms with Crippen LogP contribution in [0.25, 0.3) is 0 Å². The van der Waals surface area contributed by atoms with Crippen molar-refractivity contribution in [3.63, 3.8) is 0 Å². The van der Waals surface area contributed by atoms with Crippen molar-refractivity contribution < 1.29 is 14.3 Å². The number of hydrogen-bond acceptors (Lipinski definition) is 3. The van der Waals surface area contributed by atoms with Gasteiger partial charge in [0.2, 0.25) is 0 Å². The molecule has 2 aliphatic rings. The number of rotatable bonds is 5. The lowest BCUT2D eigenvalue weighted by Gasteiger charge is -2.07. The summed E-state index contributed by atoms with van der Waals surface area (Å²) in [4.78, 5) is 24.7. The van der Waals surface area contributed by atoms with Crippen molar-refractivity contribution in [3.8, 4) is 0 Å². The molecule has 3 nitrogen and oxygen atoms in total. The van der Waals surface area contributed by atoms with Crippen LogP contribution in [-0.2, 0) is 14.3 Å². The van der Waals surface area contributed by atoms with E-state index in [4.69, 9.17) is 16.3 Å². The molecule has 0 radical (unpaired) electrons. The highest BCUT2D eigenvalue weighted by Crippen LogP contribution is 2.69. The monoisotopic (exact) mass is 304 g/mol. The predicted octanol–water partition coefficient (Wildman–Crippen LogP) is 3.17. The van der Waals surface area contributed by atoms with Gasteiger partial charge in [-0.3, -0.25) is 9.59 Å². The van der Waals surface area contributed by atoms with Crippen LogP contribution in [0.3, 0.4) is 0 Å². The van der Waals surface area contributed by atoms with Gasteiger partial charge >= 0.3 is 0 Å². The molecule has 2 saturated carbocycles. The summed E-state index contributed by atoms with van der Waals surface area (Å²) in [5, 5.41) is 0.612. The molecule has 0 unspecified atom stereocenters. The van der Waals surface area contributed by atoms with E-state index < -0.39 is 5.41 Å². The van der Waals surface area contributed by atoms with Crippen molar-refractivity contribution in [2.45, 2.75) is 18.8 Å². The zero-order valence-electron chi connectivity index (χ0n) is 11.7. The van der Waals surface area contributed by atoms with Gasteiger partial charge in [-0.2, -0.15) is 0 Å². The molecule has 0 heterocycles. The lowest BCUT2D eigenvalue weighted by atomic mass is 9.95. The first kappa shape index (κ1) is 14.5. The summed E-state index contributed by atoms with van der Waals surface area (Å²) in [6, 6.07) is 7.44. The highest BCUT2D eigenvalue weighted by Gasteiger charge is 2.75. The van der Waals surface area contributed by atoms with Gasteiger partial charge in [0.1, 0.15) is 17.0 Å². The zero-order valence-corrected chi connectivity index (χ0v) is 12.4. The first-order chi connectivity index (χ1) is 10.1. The van der Waals surface area contributed by atoms with Gasteiger partial charge in [0.25, 0.3) is 0 Å². The maximum absolute atomic E-state index is 12.4. The van der Waals surface area contributed by atoms with E-state index in [0.717, 1.165) is 5.56 Å². The third-order valence-electron chi connectivity index (χ3n) is 4.64. The highest BCUT2D eigenvalue weighted by molar-refractivity contribution is 6.31. The van der Waals surface area contributed by atoms with E-state index in [1.807, 2.05) is 18.2 Å². The summed E-state index contributed by atoms with van der Waals surface area (Å²) in [5.74, 6) is -0.146. The Balaban J connectivity index is 1.94. The van der Waals surface area contributed by atoms with Crippen LogP contribution in [0.1, 0.15) is 24.3 Å². The molecule has 0 N–H and O–H groups in total. The summed E-state index contributed by atoms with van der Waals surface area (Å²) in [7, 11) is 0. The zero-order chi connectivity index (χ0) is 15.0. The number of carbonyl (C=O) groups is 2. The quantitative estimate of drug-likeness (QED) is 0.477. The Morgan fingerprint density at radius 1 is 1.29 bits per heavy atom. The van der Waals surface area contributed by atoms with E-state index in [1.54, 1.807) is 12.1 Å². The van der Waals surface area contributed by atoms with Gasteiger partial charge < -0.3 is 4.74 Å². The second kappa shape index (κ2) is 5.39. The highest BCUT2D eigenvalue weighted by atomic mass is 35.5. The first-order valence-electron chi connectivity index (χ1n) is 7.13. The second-order valence-electron chi connectivity index (χ2n) is 5.65. The fourth-order valence-electron chi connectivity index (χ4n) is 3.71. The molecule has 0 aliphatic heterocycles. The van der Waals surface area contributed by atoms with Crippen LogP contribution in [0.5, 0.6) is 0 Å². The van der Waals surface area contributed by atoms with E-state index in [-0.39, 0.29) is 23.4 Å². The van der Waals surface area contributed by atoms with E-state index in [2.05, 4.69) is 6.58 Å². The molecule has 0 aromatic heterocycles. The van der Waals surface area contributed by atoms with Crippen molar-refractivity contribution in [1.82, 2.24) is 0 Å². The number of benzene rings is 1. The molecule has 0 saturated heterocycles. The van der Waals surface area contributed by atoms with Gasteiger partial charge in [0.05, 0.1) is 13.2 Å². The van der Waals surface area contributed by atoms with Gasteiger partial charge in [0, 0.05) is 29.7 Å². The van der Waals surface area contributed by atoms with Gasteiger partial charge in [-0.05, 0) is 11.6 Å². The fourth-order valence-corrected chi connectivity index (χ4v) is 3.96. The lowest BCUT2D eigenvalue weighted by Crippen LogP contribution is -2.21. The lowest BCUT2D eigenvalue weighted by molar-refractivity contribution is -0.130. The Hall–Kier alpha value is -1.45. The summed E-state index contributed by atoms with van der Waals surface area (Å²) in [6.45, 7) is 4.42. The van der Waals surface area contributed by atoms with Crippen LogP contribution in [0.15, 0.2) is 36.9 Å². The largest absolute Gasteiger partial charge is 0.377 e. The number of hydrogen-bond donors (Lipinski definition) is 0. The number of carbonyl (C=O) groups excluding carboxylic acids is 2. The molecule has 110 valence electrons. The number of halogens is 1. The fraction of sp³-hybridized carbons (Fsp3) is 0.412. The predicted molar refractivity (Wildman–Crippen MR) is 80.4 cm³/mol. The van der Waals surface area contributed by atoms with E-state index in [0.29, 0.717) is 31.1 Å². The van der Waals surface area contributed by atoms with Crippen molar-refractivity contribution in [2.75, 3.05) is 13.2 Å². The van der Waals surface area contributed by atoms with Crippen LogP contribution >= 0.6 is 11.6 Å². The molecule has 0 amide bonds. The molecule has 0 bridgehead atoms. The molecular formula is C17H17ClO3. The van der Waals surface area contributed by atoms with E-state index in [1.165, 1.54) is 0 Å². The first-order valence-corrected chi connectivity index (χ1v) is 7.51. The van der Waals surface area contributed by atoms with Crippen LogP contribution in [0.4, 0.5) is 0 Å². The second-order valence-corrected chi connectivity index (χ2v) is 6.05. The van der Waals surface area contributed by atoms with Crippen molar-refractivity contribution in [1.29, 1.82) is 0 Å². The number of ketones is 2. The standard InChI is InChI=1S/C17H17ClO3/c1-2-9-21-10-12-16(11-5-3-4-6-13(11)18)17(12)14(19)7-8-15(17)20/h2-6,12,16H,1,7-10H2/t12-,16+/m0/s1. The van der Waals surface area contributed by atoms with Crippen molar-refractivity contribution in [2.24, 2.45) is 11.3 Å². The van der Waals surface area contributed by atoms with Gasteiger partial charge in [0.15, 0.2) is 0 Å². The molecule has 2 atom stereocenters. The molecular weight excluding hydrogens is 288 g/mol. The summed E-state index contributed by atoms with van der Waals surface area (Å²) in [6.07, 6.45) is 2.35. The van der Waals surface area contributed by atoms with Crippen molar-refractivity contribution >= 4 is 23.2 Å². The number of ether oxygens (including phenoxy) is 1. The Labute approximate surface area is 128 Å². The average molecular weight is 305 g/mol. The molecule has 4 heteroatoms. The van der Waals surface area contributed by atoms with Gasteiger partial charge in [-0.25, -0.2) is 0 Å². The summed E-state index contributed by atoms with van der Waals surface area (Å²) >= 11 is 6.26. The normalized spacial score (nSPS) is 26.3. The molecule has 2 fully saturated rings. The summed E-state index contributed by atoms with van der Waals surface area (Å²) < 4.78 is 5.52. The van der Waals surface area contributed by atoms with Crippen molar-refractivity contribution in [3.05, 3.63) is 47.5 Å². The minimum atomic E-state index is -0.883. The van der Waals surface area contributed by atoms with Crippen LogP contribution in [0, 0.1) is 11.3 Å². The Bertz CT molecular complexity index is 592. The average Bonchev–Trinajstić information content (AvgIpc) is 3.05. The maximum atomic E-state index is 12.4. The van der Waals surface area contributed by atoms with E-state index in [9.17, 15) is 9.59 Å². The molecule has 1 spiro atoms. The minimum Gasteiger partial charge on any atom is -0.377 e. The van der Waals surface area contributed by atoms with Crippen LogP contribution in [-0.4, -0.2) is 24.8 Å². The van der Waals surface area contributed by atoms with Gasteiger partial charge in [-0.15, -0.1) is 6.58 Å². The van der Waals surface area contributed by atoms with E-state index >= 15 is 0 Å². The SMILES string of the molecule is C=CCOC[C@H]1[C@@H](c2ccccc2Cl)C12C(=O)CCC2=O. The summed E-state index contributed by atoms with van der Waals surface area (Å²) in [5.41, 5.74) is 0.00146. The Morgan fingerprint density at radius 2 is 1.95 bits per heavy atom. The molecule has 21 heavy (non-hydrogen) atoms. The Morgan fingerprint density at radius 3 is 2.57 bits per heavy atom. The Kier molecular flexibility index (Phi) is 3.72. The van der Waals surface area contributed by atoms with Crippen LogP contribution in [0.2, 0.25) is 5.02 Å². The molecule has 1 aromatic carbocycles. The smallest absolute Gasteiger partial charge is 0.147 e. The topological polar surface area (TPSA) is 43.4 Å². The maximum Gasteiger partial charge on any atom is 0.147 e. The molecule has 3 rings (SSSR count). The molecule has 1 aromatic rings. The third kappa shape index (κ3) is 2.07. The minimum absolute atomic E-state index is 0.0459. The molecule has 2 aliphatic carbocycles. The van der Waals surface area contributed by atoms with Gasteiger partial charge in [-0.1, -0.05) is 35.9 Å². The third-order valence-corrected chi connectivity index (χ3v) is 4.99. The van der Waals surface area contributed by atoms with Crippen LogP contribution < -0.4 is 0 Å². The number of Topliss-reactive ketones (excluding diaryl/α,β-unsaturated/α-hetero) is 2.